The highest BCUT2D eigenvalue weighted by molar-refractivity contribution is 9.10. The lowest BCUT2D eigenvalue weighted by Gasteiger charge is -2.15. The van der Waals surface area contributed by atoms with Gasteiger partial charge in [-0.25, -0.2) is 4.79 Å². The number of carbonyl (C=O) groups is 1. The van der Waals surface area contributed by atoms with Crippen LogP contribution in [0.4, 0.5) is 4.79 Å². The predicted octanol–water partition coefficient (Wildman–Crippen LogP) is 4.28. The lowest BCUT2D eigenvalue weighted by molar-refractivity contribution is 0.106. The van der Waals surface area contributed by atoms with Crippen LogP contribution >= 0.6 is 15.9 Å². The van der Waals surface area contributed by atoms with E-state index >= 15 is 0 Å². The van der Waals surface area contributed by atoms with Crippen molar-refractivity contribution in [3.05, 3.63) is 34.3 Å². The van der Waals surface area contributed by atoms with Gasteiger partial charge in [0.05, 0.1) is 0 Å². The fourth-order valence-corrected chi connectivity index (χ4v) is 1.67. The van der Waals surface area contributed by atoms with Gasteiger partial charge in [-0.15, -0.1) is 0 Å². The highest BCUT2D eigenvalue weighted by Gasteiger charge is 2.11. The van der Waals surface area contributed by atoms with Crippen molar-refractivity contribution in [3.63, 3.8) is 0 Å². The first-order valence-corrected chi connectivity index (χ1v) is 7.02. The average molecular weight is 314 g/mol. The van der Waals surface area contributed by atoms with Gasteiger partial charge < -0.3 is 10.1 Å². The molecule has 1 amide bonds. The molecular weight excluding hydrogens is 294 g/mol. The normalized spacial score (nSPS) is 13.8. The Bertz CT molecular complexity index is 378. The first-order chi connectivity index (χ1) is 8.52. The predicted molar refractivity (Wildman–Crippen MR) is 76.5 cm³/mol. The molecule has 1 N–H and O–H groups in total. The zero-order valence-electron chi connectivity index (χ0n) is 11.1. The second kappa shape index (κ2) is 7.41. The number of hydrogen-bond donors (Lipinski definition) is 1. The number of hydrogen-bond acceptors (Lipinski definition) is 2. The largest absolute Gasteiger partial charge is 0.442 e. The summed E-state index contributed by atoms with van der Waals surface area (Å²) < 4.78 is 6.32. The van der Waals surface area contributed by atoms with E-state index in [-0.39, 0.29) is 12.2 Å². The Kier molecular flexibility index (Phi) is 6.19. The van der Waals surface area contributed by atoms with E-state index in [2.05, 4.69) is 35.1 Å². The molecule has 0 fully saturated rings. The van der Waals surface area contributed by atoms with Gasteiger partial charge in [0.1, 0.15) is 6.10 Å². The molecule has 2 atom stereocenters. The van der Waals surface area contributed by atoms with Crippen molar-refractivity contribution in [2.75, 3.05) is 6.54 Å². The van der Waals surface area contributed by atoms with E-state index in [0.717, 1.165) is 16.5 Å². The molecule has 0 saturated carbocycles. The SMILES string of the molecule is CC[C@H](C)CNC(=O)O[C@H](C)c1ccc(Br)cc1. The minimum Gasteiger partial charge on any atom is -0.442 e. The van der Waals surface area contributed by atoms with Crippen molar-refractivity contribution in [2.24, 2.45) is 5.92 Å². The maximum Gasteiger partial charge on any atom is 0.407 e. The van der Waals surface area contributed by atoms with Gasteiger partial charge in [0.15, 0.2) is 0 Å². The maximum atomic E-state index is 11.6. The Hall–Kier alpha value is -1.03. The van der Waals surface area contributed by atoms with Crippen molar-refractivity contribution >= 4 is 22.0 Å². The van der Waals surface area contributed by atoms with E-state index < -0.39 is 0 Å². The van der Waals surface area contributed by atoms with Crippen LogP contribution < -0.4 is 5.32 Å². The Morgan fingerprint density at radius 3 is 2.50 bits per heavy atom. The summed E-state index contributed by atoms with van der Waals surface area (Å²) in [5, 5.41) is 2.77. The monoisotopic (exact) mass is 313 g/mol. The first kappa shape index (κ1) is 15.0. The van der Waals surface area contributed by atoms with E-state index in [1.165, 1.54) is 0 Å². The van der Waals surface area contributed by atoms with E-state index in [9.17, 15) is 4.79 Å². The topological polar surface area (TPSA) is 38.3 Å². The minimum atomic E-state index is -0.356. The third-order valence-corrected chi connectivity index (χ3v) is 3.44. The summed E-state index contributed by atoms with van der Waals surface area (Å²) in [6.45, 7) is 6.72. The highest BCUT2D eigenvalue weighted by Crippen LogP contribution is 2.19. The minimum absolute atomic E-state index is 0.241. The number of nitrogens with one attached hydrogen (secondary N) is 1. The van der Waals surface area contributed by atoms with Crippen molar-refractivity contribution in [1.29, 1.82) is 0 Å². The van der Waals surface area contributed by atoms with Crippen LogP contribution in [0.15, 0.2) is 28.7 Å². The van der Waals surface area contributed by atoms with Crippen LogP contribution in [0.5, 0.6) is 0 Å². The lowest BCUT2D eigenvalue weighted by Crippen LogP contribution is -2.29. The molecule has 0 saturated heterocycles. The Morgan fingerprint density at radius 2 is 1.94 bits per heavy atom. The second-order valence-electron chi connectivity index (χ2n) is 4.49. The zero-order chi connectivity index (χ0) is 13.5. The van der Waals surface area contributed by atoms with Crippen molar-refractivity contribution < 1.29 is 9.53 Å². The average Bonchev–Trinajstić information content (AvgIpc) is 2.36. The molecule has 0 aliphatic carbocycles. The van der Waals surface area contributed by atoms with Gasteiger partial charge in [0.2, 0.25) is 0 Å². The lowest BCUT2D eigenvalue weighted by atomic mass is 10.1. The van der Waals surface area contributed by atoms with Gasteiger partial charge in [-0.2, -0.15) is 0 Å². The number of ether oxygens (including phenoxy) is 1. The molecule has 1 aromatic rings. The van der Waals surface area contributed by atoms with E-state index in [4.69, 9.17) is 4.74 Å². The Morgan fingerprint density at radius 1 is 1.33 bits per heavy atom. The van der Waals surface area contributed by atoms with Crippen molar-refractivity contribution in [1.82, 2.24) is 5.32 Å². The number of benzene rings is 1. The first-order valence-electron chi connectivity index (χ1n) is 6.22. The molecule has 100 valence electrons. The standard InChI is InChI=1S/C14H20BrNO2/c1-4-10(2)9-16-14(17)18-11(3)12-5-7-13(15)8-6-12/h5-8,10-11H,4,9H2,1-3H3,(H,16,17)/t10-,11+/m0/s1. The zero-order valence-corrected chi connectivity index (χ0v) is 12.7. The molecule has 1 rings (SSSR count). The van der Waals surface area contributed by atoms with Crippen LogP contribution in [0, 0.1) is 5.92 Å². The Balaban J connectivity index is 2.42. The van der Waals surface area contributed by atoms with Gasteiger partial charge in [-0.1, -0.05) is 48.3 Å². The molecule has 0 unspecified atom stereocenters. The summed E-state index contributed by atoms with van der Waals surface area (Å²) in [7, 11) is 0. The molecular formula is C14H20BrNO2. The van der Waals surface area contributed by atoms with Gasteiger partial charge in [-0.05, 0) is 30.5 Å². The van der Waals surface area contributed by atoms with E-state index in [1.54, 1.807) is 0 Å². The van der Waals surface area contributed by atoms with Crippen LogP contribution in [-0.2, 0) is 4.74 Å². The summed E-state index contributed by atoms with van der Waals surface area (Å²) in [4.78, 5) is 11.6. The number of alkyl carbamates (subject to hydrolysis) is 1. The summed E-state index contributed by atoms with van der Waals surface area (Å²) in [6.07, 6.45) is 0.448. The summed E-state index contributed by atoms with van der Waals surface area (Å²) in [5.74, 6) is 0.473. The summed E-state index contributed by atoms with van der Waals surface area (Å²) in [5.41, 5.74) is 0.983. The number of halogens is 1. The van der Waals surface area contributed by atoms with Gasteiger partial charge in [0, 0.05) is 11.0 Å². The van der Waals surface area contributed by atoms with E-state index in [0.29, 0.717) is 12.5 Å². The third-order valence-electron chi connectivity index (χ3n) is 2.92. The van der Waals surface area contributed by atoms with Gasteiger partial charge in [-0.3, -0.25) is 0 Å². The summed E-state index contributed by atoms with van der Waals surface area (Å²) in [6, 6.07) is 7.76. The molecule has 3 nitrogen and oxygen atoms in total. The van der Waals surface area contributed by atoms with Crippen molar-refractivity contribution in [3.8, 4) is 0 Å². The molecule has 0 bridgehead atoms. The fraction of sp³-hybridized carbons (Fsp3) is 0.500. The van der Waals surface area contributed by atoms with Gasteiger partial charge >= 0.3 is 6.09 Å². The molecule has 0 aromatic heterocycles. The molecule has 1 aromatic carbocycles. The Labute approximate surface area is 117 Å². The number of amides is 1. The molecule has 0 heterocycles. The van der Waals surface area contributed by atoms with Crippen molar-refractivity contribution in [2.45, 2.75) is 33.3 Å². The summed E-state index contributed by atoms with van der Waals surface area (Å²) >= 11 is 3.37. The smallest absolute Gasteiger partial charge is 0.407 e. The van der Waals surface area contributed by atoms with Gasteiger partial charge in [0.25, 0.3) is 0 Å². The molecule has 4 heteroatoms. The molecule has 0 spiro atoms. The molecule has 0 aliphatic heterocycles. The fourth-order valence-electron chi connectivity index (χ4n) is 1.41. The van der Waals surface area contributed by atoms with Crippen LogP contribution in [0.1, 0.15) is 38.9 Å². The maximum absolute atomic E-state index is 11.6. The van der Waals surface area contributed by atoms with Crippen LogP contribution in [-0.4, -0.2) is 12.6 Å². The molecule has 18 heavy (non-hydrogen) atoms. The quantitative estimate of drug-likeness (QED) is 0.881. The second-order valence-corrected chi connectivity index (χ2v) is 5.41. The highest BCUT2D eigenvalue weighted by atomic mass is 79.9. The van der Waals surface area contributed by atoms with E-state index in [1.807, 2.05) is 31.2 Å². The molecule has 0 radical (unpaired) electrons. The molecule has 0 aliphatic rings. The van der Waals surface area contributed by atoms with Crippen LogP contribution in [0.25, 0.3) is 0 Å². The van der Waals surface area contributed by atoms with Crippen LogP contribution in [0.2, 0.25) is 0 Å². The van der Waals surface area contributed by atoms with Crippen LogP contribution in [0.3, 0.4) is 0 Å². The number of carbonyl (C=O) groups excluding carboxylic acids is 1. The number of rotatable bonds is 5. The third kappa shape index (κ3) is 5.08.